The van der Waals surface area contributed by atoms with Crippen LogP contribution in [-0.2, 0) is 11.3 Å². The zero-order valence-corrected chi connectivity index (χ0v) is 10.3. The summed E-state index contributed by atoms with van der Waals surface area (Å²) in [5.74, 6) is 0.106. The van der Waals surface area contributed by atoms with Crippen LogP contribution in [0.4, 0.5) is 0 Å². The number of ether oxygens (including phenoxy) is 1. The van der Waals surface area contributed by atoms with Crippen LogP contribution >= 0.6 is 0 Å². The highest BCUT2D eigenvalue weighted by Crippen LogP contribution is 2.14. The molecule has 0 unspecified atom stereocenters. The van der Waals surface area contributed by atoms with Gasteiger partial charge in [0.25, 0.3) is 5.89 Å². The summed E-state index contributed by atoms with van der Waals surface area (Å²) in [5, 5.41) is 4.04. The van der Waals surface area contributed by atoms with Crippen molar-refractivity contribution in [1.29, 1.82) is 0 Å². The SMILES string of the molecule is COC/C(C)=C/Cn1nc(-c2ccco2)oc1=O. The van der Waals surface area contributed by atoms with Crippen molar-refractivity contribution in [1.82, 2.24) is 9.78 Å². The summed E-state index contributed by atoms with van der Waals surface area (Å²) in [6, 6.07) is 3.39. The lowest BCUT2D eigenvalue weighted by Crippen LogP contribution is -2.15. The van der Waals surface area contributed by atoms with Gasteiger partial charge in [0.2, 0.25) is 0 Å². The molecule has 0 aliphatic rings. The first kappa shape index (κ1) is 12.4. The summed E-state index contributed by atoms with van der Waals surface area (Å²) in [6.07, 6.45) is 3.36. The average Bonchev–Trinajstić information content (AvgIpc) is 2.96. The van der Waals surface area contributed by atoms with E-state index in [2.05, 4.69) is 5.10 Å². The molecule has 0 spiro atoms. The van der Waals surface area contributed by atoms with Crippen LogP contribution in [0.3, 0.4) is 0 Å². The van der Waals surface area contributed by atoms with Gasteiger partial charge in [-0.15, -0.1) is 5.10 Å². The molecule has 18 heavy (non-hydrogen) atoms. The zero-order chi connectivity index (χ0) is 13.0. The number of hydrogen-bond acceptors (Lipinski definition) is 5. The molecule has 0 saturated heterocycles. The van der Waals surface area contributed by atoms with Gasteiger partial charge in [0, 0.05) is 7.11 Å². The van der Waals surface area contributed by atoms with Gasteiger partial charge in [-0.05, 0) is 24.6 Å². The monoisotopic (exact) mass is 250 g/mol. The summed E-state index contributed by atoms with van der Waals surface area (Å²) >= 11 is 0. The Labute approximate surface area is 103 Å². The lowest BCUT2D eigenvalue weighted by atomic mass is 10.3. The molecule has 96 valence electrons. The topological polar surface area (TPSA) is 70.4 Å². The second kappa shape index (κ2) is 5.50. The Morgan fingerprint density at radius 3 is 3.11 bits per heavy atom. The molecule has 2 rings (SSSR count). The van der Waals surface area contributed by atoms with Crippen molar-refractivity contribution >= 4 is 0 Å². The molecular weight excluding hydrogens is 236 g/mol. The molecule has 2 heterocycles. The zero-order valence-electron chi connectivity index (χ0n) is 10.3. The van der Waals surface area contributed by atoms with E-state index in [0.29, 0.717) is 18.9 Å². The van der Waals surface area contributed by atoms with Crippen molar-refractivity contribution in [3.63, 3.8) is 0 Å². The summed E-state index contributed by atoms with van der Waals surface area (Å²) in [5.41, 5.74) is 1.02. The van der Waals surface area contributed by atoms with E-state index in [-0.39, 0.29) is 5.89 Å². The molecule has 0 aromatic carbocycles. The van der Waals surface area contributed by atoms with Crippen molar-refractivity contribution in [2.45, 2.75) is 13.5 Å². The molecule has 6 heteroatoms. The van der Waals surface area contributed by atoms with E-state index < -0.39 is 5.76 Å². The molecule has 0 bridgehead atoms. The Hall–Kier alpha value is -2.08. The molecule has 0 amide bonds. The Morgan fingerprint density at radius 2 is 2.44 bits per heavy atom. The molecule has 0 radical (unpaired) electrons. The second-order valence-corrected chi connectivity index (χ2v) is 3.82. The average molecular weight is 250 g/mol. The summed E-state index contributed by atoms with van der Waals surface area (Å²) in [4.78, 5) is 11.5. The van der Waals surface area contributed by atoms with Gasteiger partial charge in [-0.1, -0.05) is 6.08 Å². The fourth-order valence-electron chi connectivity index (χ4n) is 1.45. The Kier molecular flexibility index (Phi) is 3.78. The number of nitrogens with zero attached hydrogens (tertiary/aromatic N) is 2. The van der Waals surface area contributed by atoms with Crippen LogP contribution in [0.2, 0.25) is 0 Å². The highest BCUT2D eigenvalue weighted by molar-refractivity contribution is 5.42. The van der Waals surface area contributed by atoms with Crippen LogP contribution in [0.15, 0.2) is 43.7 Å². The van der Waals surface area contributed by atoms with Crippen LogP contribution in [-0.4, -0.2) is 23.5 Å². The van der Waals surface area contributed by atoms with Gasteiger partial charge in [-0.25, -0.2) is 4.79 Å². The molecule has 2 aromatic heterocycles. The number of aromatic nitrogens is 2. The Morgan fingerprint density at radius 1 is 1.61 bits per heavy atom. The number of furan rings is 1. The smallest absolute Gasteiger partial charge is 0.437 e. The highest BCUT2D eigenvalue weighted by atomic mass is 16.5. The quantitative estimate of drug-likeness (QED) is 0.755. The third-order valence-electron chi connectivity index (χ3n) is 2.32. The predicted octanol–water partition coefficient (Wildman–Crippen LogP) is 1.69. The number of rotatable bonds is 5. The third-order valence-corrected chi connectivity index (χ3v) is 2.32. The molecule has 0 N–H and O–H groups in total. The van der Waals surface area contributed by atoms with Gasteiger partial charge in [0.1, 0.15) is 0 Å². The highest BCUT2D eigenvalue weighted by Gasteiger charge is 2.11. The first-order chi connectivity index (χ1) is 8.70. The minimum Gasteiger partial charge on any atom is -0.459 e. The number of methoxy groups -OCH3 is 1. The summed E-state index contributed by atoms with van der Waals surface area (Å²) in [7, 11) is 1.62. The van der Waals surface area contributed by atoms with Crippen LogP contribution in [0.5, 0.6) is 0 Å². The van der Waals surface area contributed by atoms with Crippen LogP contribution in [0.25, 0.3) is 11.7 Å². The molecule has 0 aliphatic carbocycles. The largest absolute Gasteiger partial charge is 0.459 e. The number of allylic oxidation sites excluding steroid dienone is 1. The lowest BCUT2D eigenvalue weighted by molar-refractivity contribution is 0.225. The molecule has 2 aromatic rings. The van der Waals surface area contributed by atoms with Gasteiger partial charge in [0.05, 0.1) is 19.4 Å². The van der Waals surface area contributed by atoms with Gasteiger partial charge in [0.15, 0.2) is 5.76 Å². The summed E-state index contributed by atoms with van der Waals surface area (Å²) in [6.45, 7) is 2.79. The first-order valence-corrected chi connectivity index (χ1v) is 5.47. The third kappa shape index (κ3) is 2.78. The van der Waals surface area contributed by atoms with Crippen LogP contribution < -0.4 is 5.76 Å². The van der Waals surface area contributed by atoms with E-state index in [9.17, 15) is 4.79 Å². The molecule has 0 atom stereocenters. The van der Waals surface area contributed by atoms with Crippen LogP contribution in [0.1, 0.15) is 6.92 Å². The van der Waals surface area contributed by atoms with E-state index in [1.54, 1.807) is 19.2 Å². The second-order valence-electron chi connectivity index (χ2n) is 3.82. The van der Waals surface area contributed by atoms with Crippen molar-refractivity contribution in [2.24, 2.45) is 0 Å². The van der Waals surface area contributed by atoms with E-state index in [1.165, 1.54) is 10.9 Å². The minimum atomic E-state index is -0.511. The molecule has 0 aliphatic heterocycles. The maximum atomic E-state index is 11.5. The fourth-order valence-corrected chi connectivity index (χ4v) is 1.45. The van der Waals surface area contributed by atoms with Gasteiger partial charge in [-0.3, -0.25) is 0 Å². The number of hydrogen-bond donors (Lipinski definition) is 0. The molecule has 6 nitrogen and oxygen atoms in total. The van der Waals surface area contributed by atoms with E-state index >= 15 is 0 Å². The van der Waals surface area contributed by atoms with E-state index in [1.807, 2.05) is 13.0 Å². The van der Waals surface area contributed by atoms with Crippen molar-refractivity contribution < 1.29 is 13.6 Å². The fraction of sp³-hybridized carbons (Fsp3) is 0.333. The summed E-state index contributed by atoms with van der Waals surface area (Å²) < 4.78 is 16.3. The maximum absolute atomic E-state index is 11.5. The first-order valence-electron chi connectivity index (χ1n) is 5.47. The van der Waals surface area contributed by atoms with Gasteiger partial charge >= 0.3 is 5.76 Å². The normalized spacial score (nSPS) is 12.0. The van der Waals surface area contributed by atoms with E-state index in [0.717, 1.165) is 5.57 Å². The molecule has 0 saturated carbocycles. The maximum Gasteiger partial charge on any atom is 0.437 e. The van der Waals surface area contributed by atoms with Crippen molar-refractivity contribution in [2.75, 3.05) is 13.7 Å². The molecular formula is C12H14N2O4. The molecule has 0 fully saturated rings. The Balaban J connectivity index is 2.15. The Bertz CT molecular complexity index is 577. The van der Waals surface area contributed by atoms with Gasteiger partial charge < -0.3 is 13.6 Å². The minimum absolute atomic E-state index is 0.183. The van der Waals surface area contributed by atoms with E-state index in [4.69, 9.17) is 13.6 Å². The van der Waals surface area contributed by atoms with Crippen molar-refractivity contribution in [3.8, 4) is 11.7 Å². The van der Waals surface area contributed by atoms with Crippen molar-refractivity contribution in [3.05, 3.63) is 40.6 Å². The van der Waals surface area contributed by atoms with Gasteiger partial charge in [-0.2, -0.15) is 4.68 Å². The predicted molar refractivity (Wildman–Crippen MR) is 64.1 cm³/mol. The van der Waals surface area contributed by atoms with Crippen LogP contribution in [0, 0.1) is 0 Å². The lowest BCUT2D eigenvalue weighted by Gasteiger charge is -1.98. The standard InChI is InChI=1S/C12H14N2O4/c1-9(8-16-2)5-6-14-12(15)18-11(13-14)10-4-3-7-17-10/h3-5,7H,6,8H2,1-2H3/b9-5+.